The van der Waals surface area contributed by atoms with Crippen LogP contribution in [0, 0.1) is 0 Å². The van der Waals surface area contributed by atoms with E-state index in [-0.39, 0.29) is 6.04 Å². The van der Waals surface area contributed by atoms with E-state index in [4.69, 9.17) is 10.2 Å². The fourth-order valence-corrected chi connectivity index (χ4v) is 2.32. The van der Waals surface area contributed by atoms with E-state index >= 15 is 0 Å². The molecule has 0 aliphatic heterocycles. The lowest BCUT2D eigenvalue weighted by atomic mass is 9.98. The lowest BCUT2D eigenvalue weighted by molar-refractivity contribution is 0.600. The predicted molar refractivity (Wildman–Crippen MR) is 75.8 cm³/mol. The van der Waals surface area contributed by atoms with Gasteiger partial charge >= 0.3 is 0 Å². The molecular formula is C15H15N3O. The Morgan fingerprint density at radius 3 is 2.79 bits per heavy atom. The molecule has 0 fully saturated rings. The van der Waals surface area contributed by atoms with Gasteiger partial charge in [0.2, 0.25) is 0 Å². The highest BCUT2D eigenvalue weighted by atomic mass is 16.3. The zero-order valence-electron chi connectivity index (χ0n) is 10.6. The second kappa shape index (κ2) is 4.74. The lowest BCUT2D eigenvalue weighted by Crippen LogP contribution is -2.17. The molecule has 1 atom stereocenters. The molecule has 4 heteroatoms. The van der Waals surface area contributed by atoms with Crippen LogP contribution in [0.15, 0.2) is 53.3 Å². The van der Waals surface area contributed by atoms with Crippen molar-refractivity contribution >= 4 is 16.8 Å². The van der Waals surface area contributed by atoms with Crippen LogP contribution in [0.4, 0.5) is 5.69 Å². The van der Waals surface area contributed by atoms with Crippen molar-refractivity contribution in [1.29, 1.82) is 0 Å². The number of nitrogens with two attached hydrogens (primary N) is 1. The van der Waals surface area contributed by atoms with Crippen LogP contribution in [-0.4, -0.2) is 12.0 Å². The molecule has 4 nitrogen and oxygen atoms in total. The van der Waals surface area contributed by atoms with Gasteiger partial charge in [0.1, 0.15) is 5.52 Å². The lowest BCUT2D eigenvalue weighted by Gasteiger charge is -2.17. The van der Waals surface area contributed by atoms with E-state index in [1.54, 1.807) is 0 Å². The molecule has 0 aliphatic rings. The van der Waals surface area contributed by atoms with Crippen LogP contribution >= 0.6 is 0 Å². The topological polar surface area (TPSA) is 64.1 Å². The van der Waals surface area contributed by atoms with Gasteiger partial charge in [0, 0.05) is 5.69 Å². The molecule has 19 heavy (non-hydrogen) atoms. The van der Waals surface area contributed by atoms with Gasteiger partial charge in [-0.2, -0.15) is 0 Å². The van der Waals surface area contributed by atoms with Crippen LogP contribution < -0.4 is 11.1 Å². The standard InChI is InChI=1S/C15H15N3O/c1-17-15(10-3-2-4-12(16)7-10)11-5-6-13-14(8-11)19-9-18-13/h2-9,15,17H,16H2,1H3. The smallest absolute Gasteiger partial charge is 0.181 e. The van der Waals surface area contributed by atoms with E-state index in [2.05, 4.69) is 22.4 Å². The first-order chi connectivity index (χ1) is 9.28. The molecule has 0 spiro atoms. The van der Waals surface area contributed by atoms with Gasteiger partial charge in [0.05, 0.1) is 6.04 Å². The van der Waals surface area contributed by atoms with E-state index in [0.29, 0.717) is 0 Å². The Labute approximate surface area is 111 Å². The highest BCUT2D eigenvalue weighted by molar-refractivity contribution is 5.73. The SMILES string of the molecule is CNC(c1cccc(N)c1)c1ccc2ncoc2c1. The number of oxazole rings is 1. The zero-order chi connectivity index (χ0) is 13.2. The number of hydrogen-bond donors (Lipinski definition) is 2. The summed E-state index contributed by atoms with van der Waals surface area (Å²) in [6.45, 7) is 0. The minimum Gasteiger partial charge on any atom is -0.443 e. The Morgan fingerprint density at radius 1 is 1.16 bits per heavy atom. The normalized spacial score (nSPS) is 12.7. The van der Waals surface area contributed by atoms with Gasteiger partial charge < -0.3 is 15.5 Å². The van der Waals surface area contributed by atoms with E-state index in [0.717, 1.165) is 27.9 Å². The summed E-state index contributed by atoms with van der Waals surface area (Å²) in [6, 6.07) is 14.0. The van der Waals surface area contributed by atoms with E-state index in [1.807, 2.05) is 37.4 Å². The number of fused-ring (bicyclic) bond motifs is 1. The summed E-state index contributed by atoms with van der Waals surface area (Å²) in [5.41, 5.74) is 10.5. The van der Waals surface area contributed by atoms with Crippen LogP contribution in [0.1, 0.15) is 17.2 Å². The molecule has 0 aliphatic carbocycles. The van der Waals surface area contributed by atoms with Gasteiger partial charge in [0.15, 0.2) is 12.0 Å². The van der Waals surface area contributed by atoms with Gasteiger partial charge in [-0.25, -0.2) is 4.98 Å². The van der Waals surface area contributed by atoms with Crippen LogP contribution in [0.5, 0.6) is 0 Å². The Bertz CT molecular complexity index is 705. The van der Waals surface area contributed by atoms with Crippen molar-refractivity contribution in [1.82, 2.24) is 10.3 Å². The van der Waals surface area contributed by atoms with Crippen molar-refractivity contribution in [2.24, 2.45) is 0 Å². The Hall–Kier alpha value is -2.33. The van der Waals surface area contributed by atoms with Crippen molar-refractivity contribution in [2.75, 3.05) is 12.8 Å². The highest BCUT2D eigenvalue weighted by Crippen LogP contribution is 2.25. The van der Waals surface area contributed by atoms with Crippen molar-refractivity contribution in [3.05, 3.63) is 60.0 Å². The van der Waals surface area contributed by atoms with Gasteiger partial charge in [-0.15, -0.1) is 0 Å². The van der Waals surface area contributed by atoms with Crippen LogP contribution in [0.2, 0.25) is 0 Å². The minimum absolute atomic E-state index is 0.0815. The quantitative estimate of drug-likeness (QED) is 0.704. The Morgan fingerprint density at radius 2 is 2.00 bits per heavy atom. The average Bonchev–Trinajstić information content (AvgIpc) is 2.87. The molecule has 3 aromatic rings. The molecule has 3 rings (SSSR count). The van der Waals surface area contributed by atoms with Gasteiger partial charge in [-0.1, -0.05) is 18.2 Å². The molecule has 1 unspecified atom stereocenters. The number of hydrogen-bond acceptors (Lipinski definition) is 4. The van der Waals surface area contributed by atoms with Gasteiger partial charge in [-0.3, -0.25) is 0 Å². The molecule has 1 aromatic heterocycles. The third kappa shape index (κ3) is 2.18. The molecule has 1 heterocycles. The molecule has 0 saturated heterocycles. The number of rotatable bonds is 3. The summed E-state index contributed by atoms with van der Waals surface area (Å²) in [5.74, 6) is 0. The Kier molecular flexibility index (Phi) is 2.93. The maximum atomic E-state index is 5.85. The fourth-order valence-electron chi connectivity index (χ4n) is 2.32. The van der Waals surface area contributed by atoms with Gasteiger partial charge in [0.25, 0.3) is 0 Å². The molecule has 96 valence electrons. The summed E-state index contributed by atoms with van der Waals surface area (Å²) >= 11 is 0. The summed E-state index contributed by atoms with van der Waals surface area (Å²) in [4.78, 5) is 4.12. The van der Waals surface area contributed by atoms with Crippen molar-refractivity contribution < 1.29 is 4.42 Å². The van der Waals surface area contributed by atoms with Crippen LogP contribution in [-0.2, 0) is 0 Å². The molecule has 0 radical (unpaired) electrons. The molecule has 2 aromatic carbocycles. The fraction of sp³-hybridized carbons (Fsp3) is 0.133. The number of nitrogens with one attached hydrogen (secondary N) is 1. The van der Waals surface area contributed by atoms with Crippen molar-refractivity contribution in [3.8, 4) is 0 Å². The maximum absolute atomic E-state index is 5.85. The second-order valence-electron chi connectivity index (χ2n) is 4.47. The first-order valence-corrected chi connectivity index (χ1v) is 6.14. The zero-order valence-corrected chi connectivity index (χ0v) is 10.6. The number of aromatic nitrogens is 1. The first-order valence-electron chi connectivity index (χ1n) is 6.14. The molecule has 0 saturated carbocycles. The second-order valence-corrected chi connectivity index (χ2v) is 4.47. The predicted octanol–water partition coefficient (Wildman–Crippen LogP) is 2.72. The van der Waals surface area contributed by atoms with Crippen molar-refractivity contribution in [2.45, 2.75) is 6.04 Å². The highest BCUT2D eigenvalue weighted by Gasteiger charge is 2.13. The third-order valence-corrected chi connectivity index (χ3v) is 3.22. The summed E-state index contributed by atoms with van der Waals surface area (Å²) in [5, 5.41) is 3.30. The molecular weight excluding hydrogens is 238 g/mol. The van der Waals surface area contributed by atoms with E-state index in [9.17, 15) is 0 Å². The molecule has 3 N–H and O–H groups in total. The summed E-state index contributed by atoms with van der Waals surface area (Å²) < 4.78 is 5.35. The maximum Gasteiger partial charge on any atom is 0.181 e. The summed E-state index contributed by atoms with van der Waals surface area (Å²) in [6.07, 6.45) is 1.46. The van der Waals surface area contributed by atoms with Gasteiger partial charge in [-0.05, 0) is 42.4 Å². The monoisotopic (exact) mass is 253 g/mol. The number of benzene rings is 2. The first kappa shape index (κ1) is 11.7. The molecule has 0 bridgehead atoms. The average molecular weight is 253 g/mol. The van der Waals surface area contributed by atoms with Crippen LogP contribution in [0.3, 0.4) is 0 Å². The largest absolute Gasteiger partial charge is 0.443 e. The van der Waals surface area contributed by atoms with Crippen molar-refractivity contribution in [3.63, 3.8) is 0 Å². The molecule has 0 amide bonds. The van der Waals surface area contributed by atoms with Crippen LogP contribution in [0.25, 0.3) is 11.1 Å². The number of nitrogens with zero attached hydrogens (tertiary/aromatic N) is 1. The number of nitrogen functional groups attached to an aromatic ring is 1. The number of anilines is 1. The van der Waals surface area contributed by atoms with E-state index < -0.39 is 0 Å². The Balaban J connectivity index is 2.06. The van der Waals surface area contributed by atoms with E-state index in [1.165, 1.54) is 6.39 Å². The third-order valence-electron chi connectivity index (χ3n) is 3.22. The summed E-state index contributed by atoms with van der Waals surface area (Å²) in [7, 11) is 1.93. The minimum atomic E-state index is 0.0815.